The highest BCUT2D eigenvalue weighted by Crippen LogP contribution is 2.34. The van der Waals surface area contributed by atoms with E-state index < -0.39 is 22.5 Å². The Hall–Kier alpha value is -3.02. The Kier molecular flexibility index (Phi) is 8.82. The third kappa shape index (κ3) is 6.56. The monoisotopic (exact) mass is 577 g/mol. The summed E-state index contributed by atoms with van der Waals surface area (Å²) >= 11 is 4.72. The fourth-order valence-electron chi connectivity index (χ4n) is 3.07. The maximum atomic E-state index is 13.4. The number of sulfonamides is 1. The lowest BCUT2D eigenvalue weighted by Crippen LogP contribution is -2.39. The number of carbonyl (C=O) groups excluding carboxylic acids is 1. The van der Waals surface area contributed by atoms with Gasteiger partial charge in [-0.3, -0.25) is 9.10 Å². The number of nitrogens with zero attached hydrogens (tertiary/aromatic N) is 2. The molecule has 2 N–H and O–H groups in total. The van der Waals surface area contributed by atoms with Crippen molar-refractivity contribution < 1.29 is 23.1 Å². The lowest BCUT2D eigenvalue weighted by molar-refractivity contribution is -0.119. The number of amides is 1. The number of ether oxygens (including phenoxy) is 1. The van der Waals surface area contributed by atoms with Crippen molar-refractivity contribution in [1.29, 1.82) is 0 Å². The van der Waals surface area contributed by atoms with Crippen LogP contribution in [0.1, 0.15) is 11.1 Å². The van der Waals surface area contributed by atoms with Gasteiger partial charge in [-0.1, -0.05) is 17.7 Å². The minimum Gasteiger partial charge on any atom is -0.503 e. The summed E-state index contributed by atoms with van der Waals surface area (Å²) in [4.78, 5) is 13.7. The molecule has 3 rings (SSSR count). The van der Waals surface area contributed by atoms with E-state index >= 15 is 0 Å². The summed E-state index contributed by atoms with van der Waals surface area (Å²) in [5, 5.41) is 13.8. The van der Waals surface area contributed by atoms with Crippen molar-refractivity contribution in [3.05, 3.63) is 76.3 Å². The van der Waals surface area contributed by atoms with Crippen LogP contribution in [0.15, 0.2) is 80.0 Å². The molecule has 11 heteroatoms. The van der Waals surface area contributed by atoms with Gasteiger partial charge in [-0.2, -0.15) is 5.10 Å². The van der Waals surface area contributed by atoms with E-state index in [9.17, 15) is 18.3 Å². The van der Waals surface area contributed by atoms with E-state index in [4.69, 9.17) is 4.74 Å². The number of thioether (sulfide) groups is 1. The zero-order valence-electron chi connectivity index (χ0n) is 19.2. The van der Waals surface area contributed by atoms with Crippen molar-refractivity contribution in [3.63, 3.8) is 0 Å². The lowest BCUT2D eigenvalue weighted by atomic mass is 10.2. The molecule has 8 nitrogen and oxygen atoms in total. The zero-order chi connectivity index (χ0) is 25.6. The molecule has 0 aliphatic rings. The van der Waals surface area contributed by atoms with Crippen LogP contribution in [0.4, 0.5) is 5.69 Å². The highest BCUT2D eigenvalue weighted by atomic mass is 79.9. The molecule has 3 aromatic rings. The van der Waals surface area contributed by atoms with Crippen molar-refractivity contribution in [2.75, 3.05) is 24.2 Å². The average Bonchev–Trinajstić information content (AvgIpc) is 2.85. The van der Waals surface area contributed by atoms with Crippen LogP contribution in [-0.2, 0) is 14.8 Å². The number of aryl methyl sites for hydroxylation is 1. The first-order chi connectivity index (χ1) is 16.6. The predicted molar refractivity (Wildman–Crippen MR) is 142 cm³/mol. The van der Waals surface area contributed by atoms with Crippen LogP contribution in [0.2, 0.25) is 0 Å². The topological polar surface area (TPSA) is 108 Å². The molecule has 3 aromatic carbocycles. The Balaban J connectivity index is 1.83. The number of nitrogens with one attached hydrogen (secondary N) is 1. The second-order valence-electron chi connectivity index (χ2n) is 7.37. The number of hydrogen-bond acceptors (Lipinski definition) is 7. The molecule has 0 fully saturated rings. The smallest absolute Gasteiger partial charge is 0.264 e. The van der Waals surface area contributed by atoms with E-state index in [-0.39, 0.29) is 16.4 Å². The van der Waals surface area contributed by atoms with Crippen molar-refractivity contribution >= 4 is 55.5 Å². The third-order valence-electron chi connectivity index (χ3n) is 4.93. The number of anilines is 1. The Bertz CT molecular complexity index is 1330. The number of hydrazone groups is 1. The summed E-state index contributed by atoms with van der Waals surface area (Å²) in [6.45, 7) is 1.41. The van der Waals surface area contributed by atoms with Gasteiger partial charge in [0.1, 0.15) is 6.54 Å². The van der Waals surface area contributed by atoms with Crippen molar-refractivity contribution in [2.24, 2.45) is 5.10 Å². The largest absolute Gasteiger partial charge is 0.503 e. The molecule has 35 heavy (non-hydrogen) atoms. The number of methoxy groups -OCH3 is 1. The molecule has 0 saturated carbocycles. The SMILES string of the molecule is COc1cc(/C=N\NC(=O)CN(c2ccc(C)cc2)S(=O)(=O)c2ccc(SC)cc2)cc(Br)c1O. The van der Waals surface area contributed by atoms with E-state index in [0.717, 1.165) is 14.8 Å². The maximum absolute atomic E-state index is 13.4. The van der Waals surface area contributed by atoms with E-state index in [1.165, 1.54) is 43.3 Å². The van der Waals surface area contributed by atoms with Gasteiger partial charge in [0.25, 0.3) is 15.9 Å². The molecular weight excluding hydrogens is 554 g/mol. The van der Waals surface area contributed by atoms with Crippen LogP contribution >= 0.6 is 27.7 Å². The molecule has 0 heterocycles. The van der Waals surface area contributed by atoms with Gasteiger partial charge in [-0.05, 0) is 83.2 Å². The van der Waals surface area contributed by atoms with Gasteiger partial charge in [0, 0.05) is 4.90 Å². The molecule has 0 unspecified atom stereocenters. The van der Waals surface area contributed by atoms with E-state index in [0.29, 0.717) is 15.7 Å². The minimum atomic E-state index is -4.02. The fraction of sp³-hybridized carbons (Fsp3) is 0.167. The van der Waals surface area contributed by atoms with E-state index in [1.807, 2.05) is 13.2 Å². The standard InChI is InChI=1S/C24H24BrN3O5S2/c1-16-4-6-18(7-5-16)28(35(31,32)20-10-8-19(34-3)9-11-20)15-23(29)27-26-14-17-12-21(25)24(30)22(13-17)33-2/h4-14,30H,15H2,1-3H3,(H,27,29)/b26-14-. The Morgan fingerprint density at radius 1 is 1.17 bits per heavy atom. The molecule has 0 aliphatic carbocycles. The summed E-state index contributed by atoms with van der Waals surface area (Å²) in [5.41, 5.74) is 4.22. The first-order valence-electron chi connectivity index (χ1n) is 10.3. The van der Waals surface area contributed by atoms with Gasteiger partial charge in [-0.15, -0.1) is 11.8 Å². The molecule has 0 atom stereocenters. The van der Waals surface area contributed by atoms with Crippen LogP contribution in [0.3, 0.4) is 0 Å². The third-order valence-corrected chi connectivity index (χ3v) is 8.07. The van der Waals surface area contributed by atoms with Crippen LogP contribution in [0.5, 0.6) is 11.5 Å². The summed E-state index contributed by atoms with van der Waals surface area (Å²) in [6.07, 6.45) is 3.26. The summed E-state index contributed by atoms with van der Waals surface area (Å²) in [5.74, 6) is -0.453. The number of benzene rings is 3. The summed E-state index contributed by atoms with van der Waals surface area (Å²) in [6, 6.07) is 16.5. The number of hydrogen-bond donors (Lipinski definition) is 2. The summed E-state index contributed by atoms with van der Waals surface area (Å²) < 4.78 is 33.4. The highest BCUT2D eigenvalue weighted by molar-refractivity contribution is 9.10. The molecule has 184 valence electrons. The zero-order valence-corrected chi connectivity index (χ0v) is 22.4. The molecule has 1 amide bonds. The Morgan fingerprint density at radius 2 is 1.83 bits per heavy atom. The van der Waals surface area contributed by atoms with Crippen LogP contribution < -0.4 is 14.5 Å². The summed E-state index contributed by atoms with van der Waals surface area (Å²) in [7, 11) is -2.61. The van der Waals surface area contributed by atoms with Gasteiger partial charge in [0.05, 0.1) is 28.4 Å². The maximum Gasteiger partial charge on any atom is 0.264 e. The van der Waals surface area contributed by atoms with Gasteiger partial charge in [-0.25, -0.2) is 13.8 Å². The van der Waals surface area contributed by atoms with Gasteiger partial charge >= 0.3 is 0 Å². The number of rotatable bonds is 9. The molecule has 0 bridgehead atoms. The van der Waals surface area contributed by atoms with Crippen LogP contribution in [-0.4, -0.2) is 45.6 Å². The Morgan fingerprint density at radius 3 is 2.43 bits per heavy atom. The highest BCUT2D eigenvalue weighted by Gasteiger charge is 2.27. The van der Waals surface area contributed by atoms with E-state index in [2.05, 4.69) is 26.5 Å². The minimum absolute atomic E-state index is 0.0572. The number of phenols is 1. The lowest BCUT2D eigenvalue weighted by Gasteiger charge is -2.24. The second kappa shape index (κ2) is 11.6. The van der Waals surface area contributed by atoms with Gasteiger partial charge < -0.3 is 9.84 Å². The molecule has 0 aliphatic heterocycles. The Labute approximate surface area is 217 Å². The fourth-order valence-corrected chi connectivity index (χ4v) is 5.36. The normalized spacial score (nSPS) is 11.4. The first-order valence-corrected chi connectivity index (χ1v) is 13.7. The quantitative estimate of drug-likeness (QED) is 0.219. The van der Waals surface area contributed by atoms with Gasteiger partial charge in [0.2, 0.25) is 0 Å². The number of halogens is 1. The average molecular weight is 579 g/mol. The second-order valence-corrected chi connectivity index (χ2v) is 11.0. The van der Waals surface area contributed by atoms with Crippen LogP contribution in [0, 0.1) is 6.92 Å². The number of aromatic hydroxyl groups is 1. The molecule has 0 aromatic heterocycles. The van der Waals surface area contributed by atoms with E-state index in [1.54, 1.807) is 42.5 Å². The molecular formula is C24H24BrN3O5S2. The number of carbonyl (C=O) groups is 1. The molecule has 0 saturated heterocycles. The number of phenolic OH excluding ortho intramolecular Hbond substituents is 1. The molecule has 0 spiro atoms. The van der Waals surface area contributed by atoms with Crippen molar-refractivity contribution in [1.82, 2.24) is 5.43 Å². The van der Waals surface area contributed by atoms with Crippen molar-refractivity contribution in [2.45, 2.75) is 16.7 Å². The van der Waals surface area contributed by atoms with Gasteiger partial charge in [0.15, 0.2) is 11.5 Å². The van der Waals surface area contributed by atoms with Crippen LogP contribution in [0.25, 0.3) is 0 Å². The van der Waals surface area contributed by atoms with Crippen molar-refractivity contribution in [3.8, 4) is 11.5 Å². The first kappa shape index (κ1) is 26.6. The predicted octanol–water partition coefficient (Wildman–Crippen LogP) is 4.54. The molecule has 0 radical (unpaired) electrons.